The number of aromatic nitrogens is 1. The summed E-state index contributed by atoms with van der Waals surface area (Å²) >= 11 is 1.36. The Balaban J connectivity index is 3.26. The highest BCUT2D eigenvalue weighted by Gasteiger charge is 2.34. The lowest BCUT2D eigenvalue weighted by Gasteiger charge is -2.14. The molecule has 0 aromatic carbocycles. The Morgan fingerprint density at radius 3 is 2.50 bits per heavy atom. The Labute approximate surface area is 123 Å². The normalized spacial score (nSPS) is 11.6. The fraction of sp³-hybridized carbons (Fsp3) is 0.400. The Hall–Kier alpha value is -1.20. The van der Waals surface area contributed by atoms with Crippen LogP contribution in [0.5, 0.6) is 5.88 Å². The molecule has 1 aromatic rings. The van der Waals surface area contributed by atoms with Crippen LogP contribution >= 0.6 is 22.6 Å². The SMILES string of the molecule is COC(=O)Cc1cc(C(F)F)c(I)nc1OC(F)(F)F. The van der Waals surface area contributed by atoms with E-state index in [-0.39, 0.29) is 3.70 Å². The zero-order chi connectivity index (χ0) is 15.5. The van der Waals surface area contributed by atoms with Gasteiger partial charge in [-0.15, -0.1) is 13.2 Å². The molecule has 0 bridgehead atoms. The lowest BCUT2D eigenvalue weighted by Crippen LogP contribution is -2.20. The zero-order valence-corrected chi connectivity index (χ0v) is 12.0. The minimum absolute atomic E-state index is 0.342. The van der Waals surface area contributed by atoms with Crippen molar-refractivity contribution in [2.75, 3.05) is 7.11 Å². The molecule has 1 aromatic heterocycles. The van der Waals surface area contributed by atoms with E-state index >= 15 is 0 Å². The van der Waals surface area contributed by atoms with Crippen LogP contribution in [0.2, 0.25) is 0 Å². The fourth-order valence-electron chi connectivity index (χ4n) is 1.24. The number of hydrogen-bond donors (Lipinski definition) is 0. The van der Waals surface area contributed by atoms with Gasteiger partial charge in [0, 0.05) is 5.56 Å². The number of carbonyl (C=O) groups is 1. The van der Waals surface area contributed by atoms with Gasteiger partial charge >= 0.3 is 12.3 Å². The summed E-state index contributed by atoms with van der Waals surface area (Å²) < 4.78 is 69.5. The summed E-state index contributed by atoms with van der Waals surface area (Å²) in [5.41, 5.74) is -1.01. The molecule has 0 radical (unpaired) electrons. The van der Waals surface area contributed by atoms with Crippen LogP contribution in [-0.2, 0) is 16.0 Å². The first-order valence-electron chi connectivity index (χ1n) is 4.94. The summed E-state index contributed by atoms with van der Waals surface area (Å²) in [6.45, 7) is 0. The molecule has 0 fully saturated rings. The molecule has 0 saturated heterocycles. The number of alkyl halides is 5. The van der Waals surface area contributed by atoms with Gasteiger partial charge in [-0.3, -0.25) is 4.79 Å². The lowest BCUT2D eigenvalue weighted by molar-refractivity contribution is -0.276. The number of rotatable bonds is 4. The van der Waals surface area contributed by atoms with Crippen molar-refractivity contribution < 1.29 is 36.2 Å². The van der Waals surface area contributed by atoms with Crippen LogP contribution in [0.4, 0.5) is 22.0 Å². The first kappa shape index (κ1) is 16.9. The first-order chi connectivity index (χ1) is 9.14. The molecule has 1 rings (SSSR count). The lowest BCUT2D eigenvalue weighted by atomic mass is 10.1. The molecule has 0 aliphatic rings. The van der Waals surface area contributed by atoms with E-state index in [1.54, 1.807) is 0 Å². The Kier molecular flexibility index (Phi) is 5.48. The van der Waals surface area contributed by atoms with Gasteiger partial charge in [0.25, 0.3) is 6.43 Å². The molecule has 10 heteroatoms. The van der Waals surface area contributed by atoms with Crippen LogP contribution in [0.15, 0.2) is 6.07 Å². The van der Waals surface area contributed by atoms with Crippen molar-refractivity contribution in [3.8, 4) is 5.88 Å². The van der Waals surface area contributed by atoms with Gasteiger partial charge in [-0.25, -0.2) is 13.8 Å². The standard InChI is InChI=1S/C10H7F5INO3/c1-19-6(18)3-4-2-5(7(11)12)8(16)17-9(4)20-10(13,14)15/h2,7H,3H2,1H3. The predicted octanol–water partition coefficient (Wildman–Crippen LogP) is 3.24. The van der Waals surface area contributed by atoms with Crippen LogP contribution in [0, 0.1) is 3.70 Å². The second kappa shape index (κ2) is 6.50. The molecule has 4 nitrogen and oxygen atoms in total. The van der Waals surface area contributed by atoms with Gasteiger partial charge in [0.05, 0.1) is 19.1 Å². The summed E-state index contributed by atoms with van der Waals surface area (Å²) in [7, 11) is 1.01. The maximum Gasteiger partial charge on any atom is 0.574 e. The molecule has 0 unspecified atom stereocenters. The highest BCUT2D eigenvalue weighted by molar-refractivity contribution is 14.1. The van der Waals surface area contributed by atoms with Gasteiger partial charge in [0.1, 0.15) is 3.70 Å². The van der Waals surface area contributed by atoms with Crippen molar-refractivity contribution in [2.24, 2.45) is 0 Å². The summed E-state index contributed by atoms with van der Waals surface area (Å²) in [6.07, 6.45) is -8.65. The Bertz CT molecular complexity index is 506. The average Bonchev–Trinajstić information content (AvgIpc) is 2.29. The van der Waals surface area contributed by atoms with Crippen molar-refractivity contribution in [3.05, 3.63) is 20.9 Å². The fourth-order valence-corrected chi connectivity index (χ4v) is 1.85. The summed E-state index contributed by atoms with van der Waals surface area (Å²) in [4.78, 5) is 14.4. The van der Waals surface area contributed by atoms with Crippen LogP contribution in [0.1, 0.15) is 17.6 Å². The zero-order valence-electron chi connectivity index (χ0n) is 9.80. The smallest absolute Gasteiger partial charge is 0.469 e. The third-order valence-corrected chi connectivity index (χ3v) is 2.92. The minimum atomic E-state index is -5.05. The van der Waals surface area contributed by atoms with E-state index in [0.29, 0.717) is 0 Å². The molecule has 0 amide bonds. The average molecular weight is 411 g/mol. The van der Waals surface area contributed by atoms with Crippen molar-refractivity contribution in [2.45, 2.75) is 19.2 Å². The third kappa shape index (κ3) is 4.72. The molecule has 1 heterocycles. The maximum absolute atomic E-state index is 12.7. The van der Waals surface area contributed by atoms with Crippen LogP contribution in [0.3, 0.4) is 0 Å². The van der Waals surface area contributed by atoms with Crippen LogP contribution < -0.4 is 4.74 Å². The molecule has 112 valence electrons. The Morgan fingerprint density at radius 2 is 2.05 bits per heavy atom. The van der Waals surface area contributed by atoms with Crippen molar-refractivity contribution in [1.82, 2.24) is 4.98 Å². The van der Waals surface area contributed by atoms with E-state index in [0.717, 1.165) is 13.2 Å². The summed E-state index contributed by atoms with van der Waals surface area (Å²) in [5, 5.41) is 0. The van der Waals surface area contributed by atoms with E-state index in [2.05, 4.69) is 14.5 Å². The number of hydrogen-bond acceptors (Lipinski definition) is 4. The largest absolute Gasteiger partial charge is 0.574 e. The topological polar surface area (TPSA) is 48.4 Å². The number of ether oxygens (including phenoxy) is 2. The van der Waals surface area contributed by atoms with Gasteiger partial charge in [-0.05, 0) is 28.7 Å². The van der Waals surface area contributed by atoms with Crippen molar-refractivity contribution in [1.29, 1.82) is 0 Å². The monoisotopic (exact) mass is 411 g/mol. The number of halogens is 6. The summed E-state index contributed by atoms with van der Waals surface area (Å²) in [6, 6.07) is 0.747. The molecule has 0 atom stereocenters. The van der Waals surface area contributed by atoms with Crippen molar-refractivity contribution in [3.63, 3.8) is 0 Å². The molecule has 0 saturated carbocycles. The minimum Gasteiger partial charge on any atom is -0.469 e. The van der Waals surface area contributed by atoms with E-state index in [9.17, 15) is 26.7 Å². The van der Waals surface area contributed by atoms with Gasteiger partial charge in [-0.2, -0.15) is 0 Å². The Morgan fingerprint density at radius 1 is 1.45 bits per heavy atom. The number of pyridine rings is 1. The maximum atomic E-state index is 12.7. The molecule has 0 N–H and O–H groups in total. The molecule has 0 aliphatic carbocycles. The number of methoxy groups -OCH3 is 1. The molecule has 0 aliphatic heterocycles. The van der Waals surface area contributed by atoms with Gasteiger partial charge < -0.3 is 9.47 Å². The second-order valence-electron chi connectivity index (χ2n) is 3.43. The molecule has 0 spiro atoms. The van der Waals surface area contributed by atoms with Crippen LogP contribution in [0.25, 0.3) is 0 Å². The third-order valence-electron chi connectivity index (χ3n) is 2.05. The number of nitrogens with zero attached hydrogens (tertiary/aromatic N) is 1. The van der Waals surface area contributed by atoms with Crippen molar-refractivity contribution >= 4 is 28.6 Å². The highest BCUT2D eigenvalue weighted by atomic mass is 127. The van der Waals surface area contributed by atoms with E-state index in [4.69, 9.17) is 0 Å². The van der Waals surface area contributed by atoms with E-state index in [1.807, 2.05) is 0 Å². The van der Waals surface area contributed by atoms with E-state index in [1.165, 1.54) is 22.6 Å². The summed E-state index contributed by atoms with van der Waals surface area (Å²) in [5.74, 6) is -1.85. The van der Waals surface area contributed by atoms with Gasteiger partial charge in [-0.1, -0.05) is 0 Å². The van der Waals surface area contributed by atoms with Gasteiger partial charge in [0.2, 0.25) is 5.88 Å². The number of carbonyl (C=O) groups excluding carboxylic acids is 1. The highest BCUT2D eigenvalue weighted by Crippen LogP contribution is 2.31. The van der Waals surface area contributed by atoms with Crippen LogP contribution in [-0.4, -0.2) is 24.4 Å². The molecule has 20 heavy (non-hydrogen) atoms. The second-order valence-corrected chi connectivity index (χ2v) is 4.46. The first-order valence-corrected chi connectivity index (χ1v) is 6.02. The number of esters is 1. The molecular weight excluding hydrogens is 404 g/mol. The van der Waals surface area contributed by atoms with Gasteiger partial charge in [0.15, 0.2) is 0 Å². The predicted molar refractivity (Wildman–Crippen MR) is 64.3 cm³/mol. The van der Waals surface area contributed by atoms with E-state index < -0.39 is 42.2 Å². The molecular formula is C10H7F5INO3. The quantitative estimate of drug-likeness (QED) is 0.331.